The molecule has 34 heavy (non-hydrogen) atoms. The van der Waals surface area contributed by atoms with E-state index >= 15 is 0 Å². The molecule has 2 rings (SSSR count). The Morgan fingerprint density at radius 3 is 2.18 bits per heavy atom. The van der Waals surface area contributed by atoms with Crippen LogP contribution >= 0.6 is 27.3 Å². The van der Waals surface area contributed by atoms with Crippen LogP contribution in [0.3, 0.4) is 0 Å². The van der Waals surface area contributed by atoms with Crippen LogP contribution in [0.25, 0.3) is 0 Å². The van der Waals surface area contributed by atoms with Crippen molar-refractivity contribution in [2.75, 3.05) is 21.2 Å². The van der Waals surface area contributed by atoms with E-state index in [0.717, 1.165) is 9.35 Å². The zero-order valence-electron chi connectivity index (χ0n) is 18.8. The van der Waals surface area contributed by atoms with Gasteiger partial charge in [0.25, 0.3) is 0 Å². The number of benzene rings is 1. The van der Waals surface area contributed by atoms with Crippen LogP contribution in [0.1, 0.15) is 30.2 Å². The number of ether oxygens (including phenoxy) is 3. The van der Waals surface area contributed by atoms with Gasteiger partial charge in [0.1, 0.15) is 23.8 Å². The number of halogens is 1. The number of carboxylic acids is 3. The van der Waals surface area contributed by atoms with Gasteiger partial charge in [0, 0.05) is 17.0 Å². The standard InChI is InChI=1S/C22H26BrNO9S/c1-24(2)17(33-22(21(29)30,11-18(25)26)12-19(27)28)10-16(20-15(23)7-8-34-20)32-14-6-4-5-13(9-14)31-3/h4-9,16-17H,10-12H2,1-3H3,(H,25,26)(H,27,28)(H,29,30). The molecule has 0 radical (unpaired) electrons. The molecule has 10 nitrogen and oxygen atoms in total. The smallest absolute Gasteiger partial charge is 0.337 e. The molecule has 1 heterocycles. The van der Waals surface area contributed by atoms with Gasteiger partial charge in [-0.2, -0.15) is 0 Å². The van der Waals surface area contributed by atoms with Gasteiger partial charge in [0.05, 0.1) is 24.8 Å². The highest BCUT2D eigenvalue weighted by molar-refractivity contribution is 9.10. The van der Waals surface area contributed by atoms with Gasteiger partial charge in [-0.3, -0.25) is 14.5 Å². The van der Waals surface area contributed by atoms with Crippen LogP contribution in [0.2, 0.25) is 0 Å². The van der Waals surface area contributed by atoms with Crippen LogP contribution in [-0.2, 0) is 19.1 Å². The van der Waals surface area contributed by atoms with E-state index < -0.39 is 48.7 Å². The van der Waals surface area contributed by atoms with Crippen molar-refractivity contribution in [1.82, 2.24) is 4.90 Å². The zero-order chi connectivity index (χ0) is 25.5. The van der Waals surface area contributed by atoms with E-state index in [0.29, 0.717) is 11.5 Å². The number of carboxylic acid groups (broad SMARTS) is 3. The van der Waals surface area contributed by atoms with Crippen molar-refractivity contribution in [2.45, 2.75) is 37.2 Å². The summed E-state index contributed by atoms with van der Waals surface area (Å²) >= 11 is 4.89. The average molecular weight is 560 g/mol. The second-order valence-corrected chi connectivity index (χ2v) is 9.43. The molecule has 3 N–H and O–H groups in total. The third kappa shape index (κ3) is 7.42. The summed E-state index contributed by atoms with van der Waals surface area (Å²) in [4.78, 5) is 37.2. The predicted molar refractivity (Wildman–Crippen MR) is 126 cm³/mol. The SMILES string of the molecule is COc1cccc(OC(CC(OC(CC(=O)O)(CC(=O)O)C(=O)O)N(C)C)c2sccc2Br)c1. The van der Waals surface area contributed by atoms with E-state index in [2.05, 4.69) is 15.9 Å². The maximum Gasteiger partial charge on any atom is 0.337 e. The first-order valence-electron chi connectivity index (χ1n) is 10.0. The molecule has 0 aliphatic carbocycles. The van der Waals surface area contributed by atoms with Crippen molar-refractivity contribution in [1.29, 1.82) is 0 Å². The minimum atomic E-state index is -2.47. The number of aliphatic carboxylic acids is 3. The summed E-state index contributed by atoms with van der Waals surface area (Å²) < 4.78 is 18.0. The maximum atomic E-state index is 12.1. The summed E-state index contributed by atoms with van der Waals surface area (Å²) in [5.74, 6) is -3.60. The largest absolute Gasteiger partial charge is 0.497 e. The number of carbonyl (C=O) groups is 3. The number of rotatable bonds is 14. The van der Waals surface area contributed by atoms with E-state index in [1.165, 1.54) is 18.4 Å². The monoisotopic (exact) mass is 559 g/mol. The Labute approximate surface area is 208 Å². The third-order valence-electron chi connectivity index (χ3n) is 4.87. The summed E-state index contributed by atoms with van der Waals surface area (Å²) in [5.41, 5.74) is -2.47. The second kappa shape index (κ2) is 12.2. The average Bonchev–Trinajstić information content (AvgIpc) is 3.17. The van der Waals surface area contributed by atoms with Crippen LogP contribution in [-0.4, -0.2) is 71.2 Å². The molecule has 2 unspecified atom stereocenters. The molecule has 186 valence electrons. The molecule has 0 aliphatic heterocycles. The molecule has 0 fully saturated rings. The van der Waals surface area contributed by atoms with Gasteiger partial charge < -0.3 is 29.5 Å². The Morgan fingerprint density at radius 1 is 1.09 bits per heavy atom. The molecule has 1 aromatic carbocycles. The minimum Gasteiger partial charge on any atom is -0.497 e. The number of hydrogen-bond donors (Lipinski definition) is 3. The Morgan fingerprint density at radius 2 is 1.71 bits per heavy atom. The van der Waals surface area contributed by atoms with Crippen molar-refractivity contribution in [3.63, 3.8) is 0 Å². The Bertz CT molecular complexity index is 994. The number of methoxy groups -OCH3 is 1. The topological polar surface area (TPSA) is 143 Å². The van der Waals surface area contributed by atoms with Crippen molar-refractivity contribution in [2.24, 2.45) is 0 Å². The van der Waals surface area contributed by atoms with Crippen LogP contribution in [0.5, 0.6) is 11.5 Å². The number of hydrogen-bond acceptors (Lipinski definition) is 8. The minimum absolute atomic E-state index is 0.0671. The Hall–Kier alpha value is -2.67. The Kier molecular flexibility index (Phi) is 9.86. The van der Waals surface area contributed by atoms with Gasteiger partial charge in [0.2, 0.25) is 0 Å². The summed E-state index contributed by atoms with van der Waals surface area (Å²) in [7, 11) is 4.76. The molecule has 12 heteroatoms. The number of thiophene rings is 1. The lowest BCUT2D eigenvalue weighted by molar-refractivity contribution is -0.201. The molecule has 2 aromatic rings. The summed E-state index contributed by atoms with van der Waals surface area (Å²) in [6.45, 7) is 0. The number of nitrogens with zero attached hydrogens (tertiary/aromatic N) is 1. The van der Waals surface area contributed by atoms with Gasteiger partial charge >= 0.3 is 17.9 Å². The lowest BCUT2D eigenvalue weighted by Gasteiger charge is -2.36. The zero-order valence-corrected chi connectivity index (χ0v) is 21.2. The lowest BCUT2D eigenvalue weighted by atomic mass is 9.95. The van der Waals surface area contributed by atoms with E-state index in [-0.39, 0.29) is 6.42 Å². The molecular formula is C22H26BrNO9S. The molecule has 0 bridgehead atoms. The first kappa shape index (κ1) is 27.6. The van der Waals surface area contributed by atoms with Gasteiger partial charge in [-0.25, -0.2) is 4.79 Å². The van der Waals surface area contributed by atoms with Crippen LogP contribution in [0.4, 0.5) is 0 Å². The maximum absolute atomic E-state index is 12.1. The van der Waals surface area contributed by atoms with Crippen molar-refractivity contribution in [3.05, 3.63) is 45.1 Å². The van der Waals surface area contributed by atoms with Gasteiger partial charge in [-0.05, 0) is 53.6 Å². The van der Waals surface area contributed by atoms with Crippen LogP contribution in [0.15, 0.2) is 40.2 Å². The van der Waals surface area contributed by atoms with Crippen molar-refractivity contribution in [3.8, 4) is 11.5 Å². The van der Waals surface area contributed by atoms with E-state index in [1.807, 2.05) is 11.4 Å². The van der Waals surface area contributed by atoms with Crippen LogP contribution in [0, 0.1) is 0 Å². The predicted octanol–water partition coefficient (Wildman–Crippen LogP) is 3.71. The molecule has 0 saturated heterocycles. The molecule has 0 amide bonds. The quantitative estimate of drug-likeness (QED) is 0.293. The highest BCUT2D eigenvalue weighted by atomic mass is 79.9. The molecule has 0 aliphatic rings. The fraction of sp³-hybridized carbons (Fsp3) is 0.409. The first-order valence-corrected chi connectivity index (χ1v) is 11.7. The van der Waals surface area contributed by atoms with Crippen LogP contribution < -0.4 is 9.47 Å². The van der Waals surface area contributed by atoms with Gasteiger partial charge in [-0.15, -0.1) is 11.3 Å². The fourth-order valence-corrected chi connectivity index (χ4v) is 4.90. The molecule has 1 aromatic heterocycles. The van der Waals surface area contributed by atoms with Gasteiger partial charge in [0.15, 0.2) is 5.60 Å². The third-order valence-corrected chi connectivity index (χ3v) is 6.84. The van der Waals surface area contributed by atoms with E-state index in [9.17, 15) is 29.7 Å². The highest BCUT2D eigenvalue weighted by Crippen LogP contribution is 2.37. The van der Waals surface area contributed by atoms with E-state index in [1.54, 1.807) is 43.3 Å². The highest BCUT2D eigenvalue weighted by Gasteiger charge is 2.47. The van der Waals surface area contributed by atoms with Crippen molar-refractivity contribution >= 4 is 45.2 Å². The normalized spacial score (nSPS) is 13.3. The lowest BCUT2D eigenvalue weighted by Crippen LogP contribution is -2.51. The Balaban J connectivity index is 2.43. The summed E-state index contributed by atoms with van der Waals surface area (Å²) in [5, 5.41) is 30.2. The summed E-state index contributed by atoms with van der Waals surface area (Å²) in [6.07, 6.45) is -3.63. The summed E-state index contributed by atoms with van der Waals surface area (Å²) in [6, 6.07) is 8.77. The fourth-order valence-electron chi connectivity index (χ4n) is 3.23. The van der Waals surface area contributed by atoms with Gasteiger partial charge in [-0.1, -0.05) is 6.07 Å². The second-order valence-electron chi connectivity index (χ2n) is 7.63. The molecule has 0 saturated carbocycles. The van der Waals surface area contributed by atoms with E-state index in [4.69, 9.17) is 14.2 Å². The molecule has 0 spiro atoms. The van der Waals surface area contributed by atoms with Crippen molar-refractivity contribution < 1.29 is 43.9 Å². The molecular weight excluding hydrogens is 534 g/mol. The first-order chi connectivity index (χ1) is 16.0. The molecule has 2 atom stereocenters.